The van der Waals surface area contributed by atoms with Crippen LogP contribution in [-0.4, -0.2) is 38.8 Å². The van der Waals surface area contributed by atoms with E-state index in [0.717, 1.165) is 5.52 Å². The number of rotatable bonds is 1. The summed E-state index contributed by atoms with van der Waals surface area (Å²) >= 11 is 0. The number of aromatic nitrogens is 1. The smallest absolute Gasteiger partial charge is 0.410 e. The number of para-hydroxylation sites is 1. The lowest BCUT2D eigenvalue weighted by Gasteiger charge is -2.31. The molecule has 0 saturated heterocycles. The number of carboxylic acids is 1. The molecule has 0 fully saturated rings. The molecule has 2 aromatic rings. The van der Waals surface area contributed by atoms with Crippen LogP contribution >= 0.6 is 0 Å². The summed E-state index contributed by atoms with van der Waals surface area (Å²) in [4.78, 5) is 25.5. The number of amides is 1. The summed E-state index contributed by atoms with van der Waals surface area (Å²) in [5.41, 5.74) is 1.24. The van der Waals surface area contributed by atoms with E-state index in [-0.39, 0.29) is 12.1 Å². The molecule has 122 valence electrons. The molecule has 1 N–H and O–H groups in total. The average Bonchev–Trinajstić information content (AvgIpc) is 2.79. The van der Waals surface area contributed by atoms with Crippen LogP contribution in [0.2, 0.25) is 0 Å². The molecule has 0 aliphatic carbocycles. The second kappa shape index (κ2) is 5.30. The Hall–Kier alpha value is -2.50. The number of hydrogen-bond donors (Lipinski definition) is 1. The molecule has 0 radical (unpaired) electrons. The number of ether oxygens (including phenoxy) is 1. The fourth-order valence-corrected chi connectivity index (χ4v) is 2.98. The van der Waals surface area contributed by atoms with Crippen LogP contribution in [0, 0.1) is 0 Å². The number of aromatic carboxylic acids is 1. The zero-order chi connectivity index (χ0) is 16.8. The van der Waals surface area contributed by atoms with Gasteiger partial charge in [-0.2, -0.15) is 0 Å². The average molecular weight is 316 g/mol. The highest BCUT2D eigenvalue weighted by atomic mass is 16.6. The van der Waals surface area contributed by atoms with Crippen LogP contribution in [0.3, 0.4) is 0 Å². The number of benzene rings is 1. The Morgan fingerprint density at radius 2 is 1.87 bits per heavy atom. The predicted molar refractivity (Wildman–Crippen MR) is 85.5 cm³/mol. The van der Waals surface area contributed by atoms with Gasteiger partial charge in [0.15, 0.2) is 0 Å². The molecule has 1 aromatic carbocycles. The molecule has 3 rings (SSSR count). The summed E-state index contributed by atoms with van der Waals surface area (Å²) in [6.45, 7) is 6.74. The van der Waals surface area contributed by atoms with E-state index in [1.165, 1.54) is 0 Å². The number of carbonyl (C=O) groups excluding carboxylic acids is 1. The lowest BCUT2D eigenvalue weighted by molar-refractivity contribution is 0.0198. The fraction of sp³-hybridized carbons (Fsp3) is 0.412. The van der Waals surface area contributed by atoms with Crippen molar-refractivity contribution in [2.45, 2.75) is 39.5 Å². The Labute approximate surface area is 134 Å². The van der Waals surface area contributed by atoms with Crippen LogP contribution in [0.15, 0.2) is 24.3 Å². The standard InChI is InChI=1S/C17H20N2O4/c1-17(2,3)23-16(22)18-8-9-19-12-7-5-4-6-11(12)14(15(20)21)13(19)10-18/h4-7H,8-10H2,1-3H3,(H,20,21). The summed E-state index contributed by atoms with van der Waals surface area (Å²) < 4.78 is 7.38. The maximum Gasteiger partial charge on any atom is 0.410 e. The monoisotopic (exact) mass is 316 g/mol. The normalized spacial score (nSPS) is 14.7. The van der Waals surface area contributed by atoms with Gasteiger partial charge in [0, 0.05) is 24.0 Å². The topological polar surface area (TPSA) is 71.8 Å². The van der Waals surface area contributed by atoms with Crippen LogP contribution < -0.4 is 0 Å². The van der Waals surface area contributed by atoms with Crippen molar-refractivity contribution in [1.82, 2.24) is 9.47 Å². The van der Waals surface area contributed by atoms with Crippen LogP contribution in [0.1, 0.15) is 36.8 Å². The second-order valence-electron chi connectivity index (χ2n) is 6.70. The fourth-order valence-electron chi connectivity index (χ4n) is 2.98. The lowest BCUT2D eigenvalue weighted by Crippen LogP contribution is -2.41. The number of hydrogen-bond acceptors (Lipinski definition) is 3. The maximum atomic E-state index is 12.3. The van der Waals surface area contributed by atoms with Crippen LogP contribution in [-0.2, 0) is 17.8 Å². The molecule has 23 heavy (non-hydrogen) atoms. The molecule has 0 unspecified atom stereocenters. The molecular formula is C17H20N2O4. The van der Waals surface area contributed by atoms with Gasteiger partial charge in [-0.25, -0.2) is 9.59 Å². The van der Waals surface area contributed by atoms with Gasteiger partial charge in [0.1, 0.15) is 5.60 Å². The first-order valence-corrected chi connectivity index (χ1v) is 7.59. The zero-order valence-electron chi connectivity index (χ0n) is 13.5. The van der Waals surface area contributed by atoms with Crippen LogP contribution in [0.4, 0.5) is 4.79 Å². The van der Waals surface area contributed by atoms with Crippen molar-refractivity contribution in [2.24, 2.45) is 0 Å². The molecule has 1 aliphatic heterocycles. The Bertz CT molecular complexity index is 786. The van der Waals surface area contributed by atoms with Gasteiger partial charge in [0.05, 0.1) is 17.8 Å². The van der Waals surface area contributed by atoms with E-state index in [4.69, 9.17) is 4.74 Å². The molecule has 6 heteroatoms. The predicted octanol–water partition coefficient (Wildman–Crippen LogP) is 3.09. The van der Waals surface area contributed by atoms with E-state index >= 15 is 0 Å². The summed E-state index contributed by atoms with van der Waals surface area (Å²) in [7, 11) is 0. The first kappa shape index (κ1) is 15.4. The van der Waals surface area contributed by atoms with E-state index in [1.54, 1.807) is 4.90 Å². The maximum absolute atomic E-state index is 12.3. The molecular weight excluding hydrogens is 296 g/mol. The number of carbonyl (C=O) groups is 2. The minimum Gasteiger partial charge on any atom is -0.478 e. The molecule has 1 amide bonds. The molecule has 1 aliphatic rings. The van der Waals surface area contributed by atoms with Gasteiger partial charge in [-0.15, -0.1) is 0 Å². The van der Waals surface area contributed by atoms with Crippen molar-refractivity contribution >= 4 is 23.0 Å². The summed E-state index contributed by atoms with van der Waals surface area (Å²) in [5.74, 6) is -0.971. The van der Waals surface area contributed by atoms with E-state index < -0.39 is 17.7 Å². The molecule has 6 nitrogen and oxygen atoms in total. The molecule has 0 bridgehead atoms. The Morgan fingerprint density at radius 1 is 1.17 bits per heavy atom. The Morgan fingerprint density at radius 3 is 2.52 bits per heavy atom. The van der Waals surface area contributed by atoms with Crippen molar-refractivity contribution in [3.05, 3.63) is 35.5 Å². The van der Waals surface area contributed by atoms with Crippen molar-refractivity contribution in [3.8, 4) is 0 Å². The lowest BCUT2D eigenvalue weighted by atomic mass is 10.1. The van der Waals surface area contributed by atoms with E-state index in [9.17, 15) is 14.7 Å². The summed E-state index contributed by atoms with van der Waals surface area (Å²) in [5, 5.41) is 10.3. The van der Waals surface area contributed by atoms with Crippen molar-refractivity contribution in [3.63, 3.8) is 0 Å². The molecule has 0 atom stereocenters. The molecule has 1 aromatic heterocycles. The third-order valence-corrected chi connectivity index (χ3v) is 3.88. The molecule has 0 saturated carbocycles. The minimum absolute atomic E-state index is 0.241. The quantitative estimate of drug-likeness (QED) is 0.877. The first-order valence-electron chi connectivity index (χ1n) is 7.59. The van der Waals surface area contributed by atoms with Gasteiger partial charge in [0.25, 0.3) is 0 Å². The highest BCUT2D eigenvalue weighted by molar-refractivity contribution is 6.05. The van der Waals surface area contributed by atoms with Crippen LogP contribution in [0.5, 0.6) is 0 Å². The van der Waals surface area contributed by atoms with Crippen molar-refractivity contribution < 1.29 is 19.4 Å². The van der Waals surface area contributed by atoms with E-state index in [1.807, 2.05) is 49.6 Å². The van der Waals surface area contributed by atoms with Gasteiger partial charge >= 0.3 is 12.1 Å². The second-order valence-corrected chi connectivity index (χ2v) is 6.70. The minimum atomic E-state index is -0.971. The zero-order valence-corrected chi connectivity index (χ0v) is 13.5. The van der Waals surface area contributed by atoms with Crippen LogP contribution in [0.25, 0.3) is 10.9 Å². The number of nitrogens with zero attached hydrogens (tertiary/aromatic N) is 2. The van der Waals surface area contributed by atoms with Gasteiger partial charge in [-0.1, -0.05) is 18.2 Å². The largest absolute Gasteiger partial charge is 0.478 e. The van der Waals surface area contributed by atoms with E-state index in [2.05, 4.69) is 0 Å². The summed E-state index contributed by atoms with van der Waals surface area (Å²) in [6.07, 6.45) is -0.412. The highest BCUT2D eigenvalue weighted by Crippen LogP contribution is 2.30. The third kappa shape index (κ3) is 2.76. The van der Waals surface area contributed by atoms with Gasteiger partial charge in [0.2, 0.25) is 0 Å². The first-order chi connectivity index (χ1) is 10.8. The third-order valence-electron chi connectivity index (χ3n) is 3.88. The molecule has 2 heterocycles. The summed E-state index contributed by atoms with van der Waals surface area (Å²) in [6, 6.07) is 7.43. The Kier molecular flexibility index (Phi) is 3.55. The molecule has 0 spiro atoms. The number of carboxylic acid groups (broad SMARTS) is 1. The Balaban J connectivity index is 2.00. The van der Waals surface area contributed by atoms with E-state index in [0.29, 0.717) is 24.2 Å². The van der Waals surface area contributed by atoms with Gasteiger partial charge < -0.3 is 19.3 Å². The highest BCUT2D eigenvalue weighted by Gasteiger charge is 2.30. The van der Waals surface area contributed by atoms with Crippen molar-refractivity contribution in [2.75, 3.05) is 6.54 Å². The number of fused-ring (bicyclic) bond motifs is 3. The van der Waals surface area contributed by atoms with Crippen molar-refractivity contribution in [1.29, 1.82) is 0 Å². The SMILES string of the molecule is CC(C)(C)OC(=O)N1CCn2c(c(C(=O)O)c3ccccc32)C1. The van der Waals surface area contributed by atoms with Gasteiger partial charge in [-0.3, -0.25) is 0 Å². The van der Waals surface area contributed by atoms with Gasteiger partial charge in [-0.05, 0) is 26.8 Å².